The largest absolute Gasteiger partial charge is 0.446 e. The normalized spacial score (nSPS) is 12.9. The molecule has 0 N–H and O–H groups in total. The number of rotatable bonds is 9. The Morgan fingerprint density at radius 2 is 1.67 bits per heavy atom. The van der Waals surface area contributed by atoms with Crippen molar-refractivity contribution in [2.75, 3.05) is 13.2 Å². The van der Waals surface area contributed by atoms with E-state index in [4.69, 9.17) is 13.8 Å². The van der Waals surface area contributed by atoms with E-state index in [2.05, 4.69) is 0 Å². The zero-order valence-electron chi connectivity index (χ0n) is 12.8. The first kappa shape index (κ1) is 17.9. The molecule has 1 aromatic rings. The van der Waals surface area contributed by atoms with Gasteiger partial charge in [0.25, 0.3) is 0 Å². The third-order valence-electron chi connectivity index (χ3n) is 2.76. The lowest BCUT2D eigenvalue weighted by Crippen LogP contribution is -2.21. The van der Waals surface area contributed by atoms with Gasteiger partial charge in [-0.05, 0) is 32.4 Å². The van der Waals surface area contributed by atoms with Gasteiger partial charge in [0.2, 0.25) is 5.85 Å². The summed E-state index contributed by atoms with van der Waals surface area (Å²) in [4.78, 5) is 12.1. The van der Waals surface area contributed by atoms with Crippen molar-refractivity contribution in [2.45, 2.75) is 39.5 Å². The molecule has 0 aliphatic heterocycles. The van der Waals surface area contributed by atoms with Gasteiger partial charge in [-0.2, -0.15) is 0 Å². The zero-order valence-corrected chi connectivity index (χ0v) is 13.7. The lowest BCUT2D eigenvalue weighted by molar-refractivity contribution is 0.0351. The Hall–Kier alpha value is -1.16. The molecule has 5 nitrogen and oxygen atoms in total. The predicted molar refractivity (Wildman–Crippen MR) is 81.4 cm³/mol. The van der Waals surface area contributed by atoms with E-state index in [0.717, 1.165) is 0 Å². The molecule has 0 heterocycles. The maximum Gasteiger partial charge on any atom is 0.370 e. The summed E-state index contributed by atoms with van der Waals surface area (Å²) >= 11 is 0. The van der Waals surface area contributed by atoms with E-state index in [1.165, 1.54) is 0 Å². The van der Waals surface area contributed by atoms with Gasteiger partial charge in [-0.25, -0.2) is 4.79 Å². The molecular formula is C15H23O5P. The lowest BCUT2D eigenvalue weighted by Gasteiger charge is -2.25. The molecule has 0 radical (unpaired) electrons. The molecule has 0 spiro atoms. The Morgan fingerprint density at radius 1 is 1.10 bits per heavy atom. The monoisotopic (exact) mass is 314 g/mol. The summed E-state index contributed by atoms with van der Waals surface area (Å²) in [6.07, 6.45) is 1.13. The molecule has 0 unspecified atom stereocenters. The average Bonchev–Trinajstić information content (AvgIpc) is 2.48. The number of hydrogen-bond donors (Lipinski definition) is 0. The van der Waals surface area contributed by atoms with Crippen LogP contribution < -0.4 is 0 Å². The Balaban J connectivity index is 2.89. The molecule has 0 bridgehead atoms. The zero-order chi connectivity index (χ0) is 15.7. The van der Waals surface area contributed by atoms with Crippen LogP contribution in [0.2, 0.25) is 0 Å². The Labute approximate surface area is 126 Å². The Kier molecular flexibility index (Phi) is 7.65. The van der Waals surface area contributed by atoms with Gasteiger partial charge in [-0.3, -0.25) is 4.57 Å². The molecular weight excluding hydrogens is 291 g/mol. The van der Waals surface area contributed by atoms with Gasteiger partial charge >= 0.3 is 13.6 Å². The Morgan fingerprint density at radius 3 is 2.14 bits per heavy atom. The molecule has 0 fully saturated rings. The van der Waals surface area contributed by atoms with E-state index < -0.39 is 19.4 Å². The van der Waals surface area contributed by atoms with Crippen LogP contribution in [0.25, 0.3) is 0 Å². The highest BCUT2D eigenvalue weighted by Gasteiger charge is 2.38. The molecule has 0 amide bonds. The van der Waals surface area contributed by atoms with Crippen molar-refractivity contribution in [3.63, 3.8) is 0 Å². The SMILES string of the molecule is CCC[C@H](OC(=O)c1ccccc1)P(=O)(OCC)OCC. The van der Waals surface area contributed by atoms with E-state index in [-0.39, 0.29) is 13.2 Å². The van der Waals surface area contributed by atoms with Crippen LogP contribution in [-0.4, -0.2) is 25.0 Å². The van der Waals surface area contributed by atoms with Crippen LogP contribution >= 0.6 is 7.60 Å². The first-order valence-electron chi connectivity index (χ1n) is 7.22. The minimum Gasteiger partial charge on any atom is -0.446 e. The predicted octanol–water partition coefficient (Wildman–Crippen LogP) is 4.24. The maximum atomic E-state index is 12.7. The molecule has 1 atom stereocenters. The summed E-state index contributed by atoms with van der Waals surface area (Å²) in [6, 6.07) is 8.60. The van der Waals surface area contributed by atoms with E-state index >= 15 is 0 Å². The Bertz CT molecular complexity index is 464. The quantitative estimate of drug-likeness (QED) is 0.504. The van der Waals surface area contributed by atoms with E-state index in [0.29, 0.717) is 18.4 Å². The van der Waals surface area contributed by atoms with Gasteiger partial charge in [-0.15, -0.1) is 0 Å². The van der Waals surface area contributed by atoms with Crippen molar-refractivity contribution >= 4 is 13.6 Å². The average molecular weight is 314 g/mol. The highest BCUT2D eigenvalue weighted by Crippen LogP contribution is 2.55. The first-order valence-corrected chi connectivity index (χ1v) is 8.83. The highest BCUT2D eigenvalue weighted by molar-refractivity contribution is 7.54. The molecule has 0 aliphatic carbocycles. The molecule has 0 aromatic heterocycles. The molecule has 21 heavy (non-hydrogen) atoms. The summed E-state index contributed by atoms with van der Waals surface area (Å²) in [5.41, 5.74) is 0.415. The van der Waals surface area contributed by atoms with Crippen LogP contribution in [0.15, 0.2) is 30.3 Å². The van der Waals surface area contributed by atoms with Gasteiger partial charge in [-0.1, -0.05) is 31.5 Å². The second-order valence-electron chi connectivity index (χ2n) is 4.39. The van der Waals surface area contributed by atoms with Crippen molar-refractivity contribution in [1.29, 1.82) is 0 Å². The van der Waals surface area contributed by atoms with Gasteiger partial charge < -0.3 is 13.8 Å². The summed E-state index contributed by atoms with van der Waals surface area (Å²) in [5, 5.41) is 0. The van der Waals surface area contributed by atoms with Gasteiger partial charge in [0.15, 0.2) is 0 Å². The van der Waals surface area contributed by atoms with Crippen molar-refractivity contribution < 1.29 is 23.1 Å². The molecule has 0 saturated carbocycles. The van der Waals surface area contributed by atoms with E-state index in [1.807, 2.05) is 13.0 Å². The van der Waals surface area contributed by atoms with Crippen LogP contribution in [0.3, 0.4) is 0 Å². The molecule has 0 aliphatic rings. The summed E-state index contributed by atoms with van der Waals surface area (Å²) < 4.78 is 28.7. The molecule has 1 aromatic carbocycles. The number of esters is 1. The van der Waals surface area contributed by atoms with Crippen LogP contribution in [0, 0.1) is 0 Å². The van der Waals surface area contributed by atoms with Gasteiger partial charge in [0, 0.05) is 0 Å². The van der Waals surface area contributed by atoms with Gasteiger partial charge in [0.1, 0.15) is 0 Å². The van der Waals surface area contributed by atoms with Gasteiger partial charge in [0.05, 0.1) is 18.8 Å². The summed E-state index contributed by atoms with van der Waals surface area (Å²) in [6.45, 7) is 5.85. The number of carbonyl (C=O) groups excluding carboxylic acids is 1. The molecule has 6 heteroatoms. The first-order chi connectivity index (χ1) is 10.1. The maximum absolute atomic E-state index is 12.7. The fraction of sp³-hybridized carbons (Fsp3) is 0.533. The standard InChI is InChI=1S/C15H23O5P/c1-4-10-14(21(17,18-5-2)19-6-3)20-15(16)13-11-8-7-9-12-13/h7-9,11-12,14H,4-6,10H2,1-3H3/t14-/m1/s1. The van der Waals surface area contributed by atoms with Crippen molar-refractivity contribution in [1.82, 2.24) is 0 Å². The van der Waals surface area contributed by atoms with Crippen molar-refractivity contribution in [2.24, 2.45) is 0 Å². The topological polar surface area (TPSA) is 61.8 Å². The van der Waals surface area contributed by atoms with E-state index in [1.54, 1.807) is 38.1 Å². The fourth-order valence-corrected chi connectivity index (χ4v) is 3.78. The van der Waals surface area contributed by atoms with Crippen LogP contribution in [0.4, 0.5) is 0 Å². The minimum atomic E-state index is -3.46. The second-order valence-corrected chi connectivity index (χ2v) is 6.56. The third-order valence-corrected chi connectivity index (χ3v) is 5.06. The fourth-order valence-electron chi connectivity index (χ4n) is 1.86. The molecule has 1 rings (SSSR count). The van der Waals surface area contributed by atoms with Crippen molar-refractivity contribution in [3.8, 4) is 0 Å². The van der Waals surface area contributed by atoms with E-state index in [9.17, 15) is 9.36 Å². The van der Waals surface area contributed by atoms with Crippen molar-refractivity contribution in [3.05, 3.63) is 35.9 Å². The lowest BCUT2D eigenvalue weighted by atomic mass is 10.2. The number of carbonyl (C=O) groups is 1. The summed E-state index contributed by atoms with van der Waals surface area (Å²) in [7, 11) is -3.46. The third kappa shape index (κ3) is 5.27. The smallest absolute Gasteiger partial charge is 0.370 e. The van der Waals surface area contributed by atoms with Crippen LogP contribution in [0.1, 0.15) is 44.0 Å². The number of hydrogen-bond acceptors (Lipinski definition) is 5. The summed E-state index contributed by atoms with van der Waals surface area (Å²) in [5.74, 6) is -1.40. The molecule has 118 valence electrons. The highest BCUT2D eigenvalue weighted by atomic mass is 31.2. The minimum absolute atomic E-state index is 0.236. The second kappa shape index (κ2) is 8.98. The number of benzene rings is 1. The van der Waals surface area contributed by atoms with Crippen LogP contribution in [0.5, 0.6) is 0 Å². The van der Waals surface area contributed by atoms with Crippen LogP contribution in [-0.2, 0) is 18.3 Å². The molecule has 0 saturated heterocycles. The number of ether oxygens (including phenoxy) is 1.